The van der Waals surface area contributed by atoms with Crippen molar-refractivity contribution in [1.82, 2.24) is 15.8 Å². The van der Waals surface area contributed by atoms with E-state index in [1.54, 1.807) is 6.07 Å². The minimum absolute atomic E-state index is 0.0407. The molecule has 2 heterocycles. The minimum Gasteiger partial charge on any atom is -0.508 e. The van der Waals surface area contributed by atoms with Crippen molar-refractivity contribution in [3.8, 4) is 11.5 Å². The monoisotopic (exact) mass is 409 g/mol. The van der Waals surface area contributed by atoms with Crippen LogP contribution in [-0.4, -0.2) is 35.1 Å². The summed E-state index contributed by atoms with van der Waals surface area (Å²) in [7, 11) is 0. The number of aromatic hydroxyl groups is 1. The normalized spacial score (nSPS) is 25.5. The number of para-hydroxylation sites is 1. The Labute approximate surface area is 178 Å². The number of likely N-dealkylation sites (N-methyl/N-ethyl adjacent to an activating group) is 1. The summed E-state index contributed by atoms with van der Waals surface area (Å²) < 4.78 is 5.97. The van der Waals surface area contributed by atoms with Gasteiger partial charge in [0, 0.05) is 18.0 Å². The number of nitrogens with one attached hydrogen (secondary N) is 2. The first-order chi connectivity index (χ1) is 14.7. The van der Waals surface area contributed by atoms with E-state index in [0.29, 0.717) is 13.2 Å². The number of fused-ring (bicyclic) bond motifs is 1. The molecule has 2 saturated heterocycles. The Bertz CT molecular complexity index is 888. The van der Waals surface area contributed by atoms with Gasteiger partial charge < -0.3 is 14.7 Å². The molecule has 2 aromatic carbocycles. The maximum Gasteiger partial charge on any atom is 0.242 e. The number of carbonyl (C=O) groups excluding carboxylic acids is 1. The van der Waals surface area contributed by atoms with Crippen LogP contribution in [0.25, 0.3) is 0 Å². The van der Waals surface area contributed by atoms with Crippen LogP contribution in [0.5, 0.6) is 11.5 Å². The first-order valence-corrected chi connectivity index (χ1v) is 11.0. The standard InChI is InChI=1S/C24H31N3O3/c1-3-5-8-14-30-17-11-9-10-16(15-17)23-20-21(18-12-6-7-13-19(18)28)25-26-22(20)24(29)27(23)4-2/h6-7,9-13,15,20-23,25-26,28H,3-5,8,14H2,1-2H3. The lowest BCUT2D eigenvalue weighted by Crippen LogP contribution is -2.41. The third-order valence-corrected chi connectivity index (χ3v) is 6.24. The maximum atomic E-state index is 13.1. The van der Waals surface area contributed by atoms with E-state index >= 15 is 0 Å². The van der Waals surface area contributed by atoms with Crippen molar-refractivity contribution < 1.29 is 14.6 Å². The van der Waals surface area contributed by atoms with E-state index in [9.17, 15) is 9.90 Å². The van der Waals surface area contributed by atoms with Crippen LogP contribution in [-0.2, 0) is 4.79 Å². The second kappa shape index (κ2) is 9.06. The number of hydrazine groups is 1. The molecular weight excluding hydrogens is 378 g/mol. The molecule has 0 radical (unpaired) electrons. The van der Waals surface area contributed by atoms with Gasteiger partial charge in [-0.05, 0) is 37.1 Å². The summed E-state index contributed by atoms with van der Waals surface area (Å²) >= 11 is 0. The molecule has 0 bridgehead atoms. The molecule has 0 saturated carbocycles. The summed E-state index contributed by atoms with van der Waals surface area (Å²) in [5, 5.41) is 10.4. The number of hydrogen-bond acceptors (Lipinski definition) is 5. The van der Waals surface area contributed by atoms with E-state index in [0.717, 1.165) is 36.1 Å². The van der Waals surface area contributed by atoms with Gasteiger partial charge in [-0.15, -0.1) is 0 Å². The Balaban J connectivity index is 1.65. The summed E-state index contributed by atoms with van der Waals surface area (Å²) in [4.78, 5) is 15.1. The van der Waals surface area contributed by atoms with E-state index in [-0.39, 0.29) is 35.7 Å². The van der Waals surface area contributed by atoms with Crippen LogP contribution in [0.4, 0.5) is 0 Å². The third kappa shape index (κ3) is 3.77. The zero-order valence-corrected chi connectivity index (χ0v) is 17.7. The van der Waals surface area contributed by atoms with E-state index in [4.69, 9.17) is 4.74 Å². The number of benzene rings is 2. The van der Waals surface area contributed by atoms with E-state index in [2.05, 4.69) is 29.9 Å². The number of phenols is 1. The highest BCUT2D eigenvalue weighted by atomic mass is 16.5. The number of carbonyl (C=O) groups is 1. The smallest absolute Gasteiger partial charge is 0.242 e. The molecule has 4 rings (SSSR count). The first kappa shape index (κ1) is 20.7. The van der Waals surface area contributed by atoms with Gasteiger partial charge in [0.05, 0.1) is 18.7 Å². The molecule has 2 aromatic rings. The van der Waals surface area contributed by atoms with Crippen molar-refractivity contribution in [2.45, 2.75) is 51.2 Å². The Morgan fingerprint density at radius 3 is 2.60 bits per heavy atom. The molecule has 2 aliphatic rings. The zero-order valence-electron chi connectivity index (χ0n) is 17.7. The number of hydrogen-bond donors (Lipinski definition) is 3. The highest BCUT2D eigenvalue weighted by Crippen LogP contribution is 2.48. The summed E-state index contributed by atoms with van der Waals surface area (Å²) in [6.07, 6.45) is 3.36. The highest BCUT2D eigenvalue weighted by molar-refractivity contribution is 5.86. The molecule has 6 nitrogen and oxygen atoms in total. The topological polar surface area (TPSA) is 73.8 Å². The molecule has 2 aliphatic heterocycles. The van der Waals surface area contributed by atoms with E-state index < -0.39 is 0 Å². The summed E-state index contributed by atoms with van der Waals surface area (Å²) in [5.74, 6) is 1.13. The largest absolute Gasteiger partial charge is 0.508 e. The quantitative estimate of drug-likeness (QED) is 0.580. The van der Waals surface area contributed by atoms with Gasteiger partial charge in [0.25, 0.3) is 0 Å². The number of phenolic OH excluding ortho intramolecular Hbond substituents is 1. The molecule has 0 spiro atoms. The summed E-state index contributed by atoms with van der Waals surface area (Å²) in [6.45, 7) is 5.53. The van der Waals surface area contributed by atoms with Crippen molar-refractivity contribution in [1.29, 1.82) is 0 Å². The predicted molar refractivity (Wildman–Crippen MR) is 116 cm³/mol. The van der Waals surface area contributed by atoms with Gasteiger partial charge in [0.15, 0.2) is 0 Å². The fourth-order valence-corrected chi connectivity index (χ4v) is 4.80. The molecular formula is C24H31N3O3. The molecule has 2 fully saturated rings. The van der Waals surface area contributed by atoms with Gasteiger partial charge in [-0.3, -0.25) is 4.79 Å². The molecule has 1 amide bonds. The number of nitrogens with zero attached hydrogens (tertiary/aromatic N) is 1. The van der Waals surface area contributed by atoms with Crippen LogP contribution < -0.4 is 15.6 Å². The van der Waals surface area contributed by atoms with Gasteiger partial charge in [0.2, 0.25) is 5.91 Å². The summed E-state index contributed by atoms with van der Waals surface area (Å²) in [6, 6.07) is 14.9. The molecule has 0 aromatic heterocycles. The molecule has 6 heteroatoms. The second-order valence-electron chi connectivity index (χ2n) is 8.08. The molecule has 4 unspecified atom stereocenters. The van der Waals surface area contributed by atoms with Gasteiger partial charge in [-0.1, -0.05) is 50.1 Å². The Morgan fingerprint density at radius 2 is 1.83 bits per heavy atom. The zero-order chi connectivity index (χ0) is 21.1. The molecule has 4 atom stereocenters. The number of ether oxygens (including phenoxy) is 1. The Kier molecular flexibility index (Phi) is 6.25. The molecule has 0 aliphatic carbocycles. The highest BCUT2D eigenvalue weighted by Gasteiger charge is 2.55. The van der Waals surface area contributed by atoms with Gasteiger partial charge >= 0.3 is 0 Å². The molecule has 3 N–H and O–H groups in total. The van der Waals surface area contributed by atoms with Crippen LogP contribution >= 0.6 is 0 Å². The SMILES string of the molecule is CCCCCOc1cccc(C2C3C(NNC3c3ccccc3O)C(=O)N2CC)c1. The van der Waals surface area contributed by atoms with Crippen LogP contribution in [0, 0.1) is 5.92 Å². The molecule has 30 heavy (non-hydrogen) atoms. The fraction of sp³-hybridized carbons (Fsp3) is 0.458. The summed E-state index contributed by atoms with van der Waals surface area (Å²) in [5.41, 5.74) is 8.32. The van der Waals surface area contributed by atoms with Crippen molar-refractivity contribution in [2.75, 3.05) is 13.2 Å². The minimum atomic E-state index is -0.325. The first-order valence-electron chi connectivity index (χ1n) is 11.0. The molecule has 160 valence electrons. The van der Waals surface area contributed by atoms with E-state index in [1.165, 1.54) is 0 Å². The Morgan fingerprint density at radius 1 is 1.03 bits per heavy atom. The van der Waals surface area contributed by atoms with Crippen molar-refractivity contribution in [3.05, 3.63) is 59.7 Å². The van der Waals surface area contributed by atoms with Crippen LogP contribution in [0.15, 0.2) is 48.5 Å². The van der Waals surface area contributed by atoms with E-state index in [1.807, 2.05) is 42.2 Å². The number of rotatable bonds is 8. The van der Waals surface area contributed by atoms with Crippen LogP contribution in [0.1, 0.15) is 56.3 Å². The van der Waals surface area contributed by atoms with Gasteiger partial charge in [-0.2, -0.15) is 0 Å². The number of amides is 1. The Hall–Kier alpha value is -2.57. The number of likely N-dealkylation sites (tertiary alicyclic amines) is 1. The van der Waals surface area contributed by atoms with Crippen LogP contribution in [0.3, 0.4) is 0 Å². The third-order valence-electron chi connectivity index (χ3n) is 6.24. The van der Waals surface area contributed by atoms with Crippen molar-refractivity contribution >= 4 is 5.91 Å². The lowest BCUT2D eigenvalue weighted by molar-refractivity contribution is -0.130. The van der Waals surface area contributed by atoms with Gasteiger partial charge in [-0.25, -0.2) is 10.9 Å². The van der Waals surface area contributed by atoms with Crippen molar-refractivity contribution in [2.24, 2.45) is 5.92 Å². The average molecular weight is 410 g/mol. The van der Waals surface area contributed by atoms with Gasteiger partial charge in [0.1, 0.15) is 17.5 Å². The lowest BCUT2D eigenvalue weighted by Gasteiger charge is -2.31. The lowest BCUT2D eigenvalue weighted by atomic mass is 9.83. The van der Waals surface area contributed by atoms with Crippen molar-refractivity contribution in [3.63, 3.8) is 0 Å². The average Bonchev–Trinajstić information content (AvgIpc) is 3.30. The predicted octanol–water partition coefficient (Wildman–Crippen LogP) is 3.70. The maximum absolute atomic E-state index is 13.1. The number of unbranched alkanes of at least 4 members (excludes halogenated alkanes) is 2. The fourth-order valence-electron chi connectivity index (χ4n) is 4.80. The van der Waals surface area contributed by atoms with Crippen LogP contribution in [0.2, 0.25) is 0 Å². The second-order valence-corrected chi connectivity index (χ2v) is 8.08.